The molecule has 4 heteroatoms. The lowest BCUT2D eigenvalue weighted by Gasteiger charge is -2.25. The molecule has 112 valence electrons. The molecular formula is C16H24BrNO2. The largest absolute Gasteiger partial charge is 0.486 e. The number of fused-ring (bicyclic) bond motifs is 1. The van der Waals surface area contributed by atoms with Crippen LogP contribution in [-0.4, -0.2) is 26.8 Å². The summed E-state index contributed by atoms with van der Waals surface area (Å²) in [5.41, 5.74) is 1.64. The fraction of sp³-hybridized carbons (Fsp3) is 0.625. The van der Waals surface area contributed by atoms with Crippen LogP contribution in [0.1, 0.15) is 32.3 Å². The first-order valence-corrected chi connectivity index (χ1v) is 8.04. The van der Waals surface area contributed by atoms with E-state index in [1.54, 1.807) is 0 Å². The van der Waals surface area contributed by atoms with Crippen LogP contribution in [0.3, 0.4) is 0 Å². The molecule has 1 N–H and O–H groups in total. The Morgan fingerprint density at radius 3 is 2.45 bits per heavy atom. The molecular weight excluding hydrogens is 318 g/mol. The van der Waals surface area contributed by atoms with Crippen molar-refractivity contribution in [2.75, 3.05) is 26.8 Å². The van der Waals surface area contributed by atoms with Gasteiger partial charge in [-0.2, -0.15) is 0 Å². The van der Waals surface area contributed by atoms with Crippen LogP contribution in [0.4, 0.5) is 0 Å². The summed E-state index contributed by atoms with van der Waals surface area (Å²) in [7, 11) is 2.01. The van der Waals surface area contributed by atoms with E-state index in [1.165, 1.54) is 12.0 Å². The average molecular weight is 342 g/mol. The number of rotatable bonds is 6. The van der Waals surface area contributed by atoms with Crippen molar-refractivity contribution in [3.8, 4) is 11.5 Å². The third-order valence-corrected chi connectivity index (χ3v) is 4.57. The maximum atomic E-state index is 5.66. The van der Waals surface area contributed by atoms with Crippen LogP contribution in [0, 0.1) is 5.41 Å². The van der Waals surface area contributed by atoms with Gasteiger partial charge in [0.15, 0.2) is 11.5 Å². The number of aryl methyl sites for hydroxylation is 1. The van der Waals surface area contributed by atoms with Crippen molar-refractivity contribution in [2.45, 2.75) is 33.1 Å². The van der Waals surface area contributed by atoms with Crippen molar-refractivity contribution in [1.82, 2.24) is 5.32 Å². The van der Waals surface area contributed by atoms with Gasteiger partial charge in [-0.3, -0.25) is 0 Å². The Balaban J connectivity index is 2.02. The van der Waals surface area contributed by atoms with Crippen molar-refractivity contribution in [1.29, 1.82) is 0 Å². The molecule has 0 atom stereocenters. The topological polar surface area (TPSA) is 30.5 Å². The van der Waals surface area contributed by atoms with E-state index in [-0.39, 0.29) is 0 Å². The van der Waals surface area contributed by atoms with Crippen molar-refractivity contribution in [3.05, 3.63) is 22.2 Å². The monoisotopic (exact) mass is 341 g/mol. The molecule has 3 nitrogen and oxygen atoms in total. The molecule has 0 saturated carbocycles. The Kier molecular flexibility index (Phi) is 5.33. The van der Waals surface area contributed by atoms with E-state index in [4.69, 9.17) is 9.47 Å². The minimum absolute atomic E-state index is 0.343. The standard InChI is InChI=1S/C16H24BrNO2/c1-16(2,6-7-18-3)5-4-12-10-14-15(11-13(12)17)20-9-8-19-14/h10-11,18H,4-9H2,1-3H3. The molecule has 1 aromatic rings. The first-order valence-electron chi connectivity index (χ1n) is 7.24. The predicted molar refractivity (Wildman–Crippen MR) is 85.8 cm³/mol. The Bertz CT molecular complexity index is 460. The summed E-state index contributed by atoms with van der Waals surface area (Å²) in [6, 6.07) is 4.15. The number of halogens is 1. The summed E-state index contributed by atoms with van der Waals surface area (Å²) in [6.07, 6.45) is 3.40. The molecule has 20 heavy (non-hydrogen) atoms. The molecule has 0 saturated heterocycles. The summed E-state index contributed by atoms with van der Waals surface area (Å²) in [4.78, 5) is 0. The highest BCUT2D eigenvalue weighted by atomic mass is 79.9. The highest BCUT2D eigenvalue weighted by Gasteiger charge is 2.19. The van der Waals surface area contributed by atoms with Gasteiger partial charge in [-0.1, -0.05) is 29.8 Å². The van der Waals surface area contributed by atoms with Gasteiger partial charge >= 0.3 is 0 Å². The Morgan fingerprint density at radius 1 is 1.15 bits per heavy atom. The number of hydrogen-bond donors (Lipinski definition) is 1. The fourth-order valence-corrected chi connectivity index (χ4v) is 2.88. The second-order valence-electron chi connectivity index (χ2n) is 6.11. The fourth-order valence-electron chi connectivity index (χ4n) is 2.36. The average Bonchev–Trinajstić information content (AvgIpc) is 2.43. The van der Waals surface area contributed by atoms with Crippen LogP contribution in [0.5, 0.6) is 11.5 Å². The quantitative estimate of drug-likeness (QED) is 0.853. The first-order chi connectivity index (χ1) is 9.52. The molecule has 0 aromatic heterocycles. The number of benzene rings is 1. The molecule has 2 rings (SSSR count). The number of ether oxygens (including phenoxy) is 2. The zero-order valence-electron chi connectivity index (χ0n) is 12.6. The van der Waals surface area contributed by atoms with Gasteiger partial charge in [0.05, 0.1) is 0 Å². The zero-order valence-corrected chi connectivity index (χ0v) is 14.2. The SMILES string of the molecule is CNCCC(C)(C)CCc1cc2c(cc1Br)OCCO2. The molecule has 0 fully saturated rings. The van der Waals surface area contributed by atoms with E-state index in [2.05, 4.69) is 41.2 Å². The summed E-state index contributed by atoms with van der Waals surface area (Å²) in [6.45, 7) is 7.00. The third kappa shape index (κ3) is 4.13. The lowest BCUT2D eigenvalue weighted by molar-refractivity contribution is 0.171. The first kappa shape index (κ1) is 15.6. The van der Waals surface area contributed by atoms with Gasteiger partial charge in [-0.15, -0.1) is 0 Å². The van der Waals surface area contributed by atoms with Gasteiger partial charge in [0.25, 0.3) is 0 Å². The summed E-state index contributed by atoms with van der Waals surface area (Å²) < 4.78 is 12.4. The van der Waals surface area contributed by atoms with Gasteiger partial charge in [-0.25, -0.2) is 0 Å². The van der Waals surface area contributed by atoms with Crippen molar-refractivity contribution < 1.29 is 9.47 Å². The zero-order chi connectivity index (χ0) is 14.6. The molecule has 1 aliphatic rings. The minimum atomic E-state index is 0.343. The molecule has 1 heterocycles. The highest BCUT2D eigenvalue weighted by molar-refractivity contribution is 9.10. The normalized spacial score (nSPS) is 14.4. The van der Waals surface area contributed by atoms with E-state index in [0.717, 1.165) is 35.4 Å². The molecule has 0 aliphatic carbocycles. The lowest BCUT2D eigenvalue weighted by atomic mass is 9.83. The van der Waals surface area contributed by atoms with Crippen LogP contribution in [0.2, 0.25) is 0 Å². The second kappa shape index (κ2) is 6.81. The third-order valence-electron chi connectivity index (χ3n) is 3.83. The smallest absolute Gasteiger partial charge is 0.162 e. The highest BCUT2D eigenvalue weighted by Crippen LogP contribution is 2.37. The maximum absolute atomic E-state index is 5.66. The molecule has 0 unspecified atom stereocenters. The van der Waals surface area contributed by atoms with Crippen LogP contribution in [0.15, 0.2) is 16.6 Å². The van der Waals surface area contributed by atoms with E-state index >= 15 is 0 Å². The van der Waals surface area contributed by atoms with Crippen LogP contribution < -0.4 is 14.8 Å². The minimum Gasteiger partial charge on any atom is -0.486 e. The van der Waals surface area contributed by atoms with Crippen molar-refractivity contribution >= 4 is 15.9 Å². The van der Waals surface area contributed by atoms with E-state index < -0.39 is 0 Å². The van der Waals surface area contributed by atoms with Crippen LogP contribution in [-0.2, 0) is 6.42 Å². The van der Waals surface area contributed by atoms with Gasteiger partial charge in [-0.05, 0) is 56.0 Å². The predicted octanol–water partition coefficient (Wildman–Crippen LogP) is 3.79. The number of hydrogen-bond acceptors (Lipinski definition) is 3. The number of nitrogens with one attached hydrogen (secondary N) is 1. The summed E-state index contributed by atoms with van der Waals surface area (Å²) in [5.74, 6) is 1.73. The molecule has 0 bridgehead atoms. The Morgan fingerprint density at radius 2 is 1.80 bits per heavy atom. The Hall–Kier alpha value is -0.740. The van der Waals surface area contributed by atoms with Crippen molar-refractivity contribution in [2.24, 2.45) is 5.41 Å². The van der Waals surface area contributed by atoms with E-state index in [9.17, 15) is 0 Å². The van der Waals surface area contributed by atoms with Gasteiger partial charge in [0.1, 0.15) is 13.2 Å². The van der Waals surface area contributed by atoms with Gasteiger partial charge < -0.3 is 14.8 Å². The molecule has 1 aliphatic heterocycles. The van der Waals surface area contributed by atoms with Gasteiger partial charge in [0.2, 0.25) is 0 Å². The van der Waals surface area contributed by atoms with Crippen LogP contribution in [0.25, 0.3) is 0 Å². The van der Waals surface area contributed by atoms with E-state index in [0.29, 0.717) is 18.6 Å². The summed E-state index contributed by atoms with van der Waals surface area (Å²) >= 11 is 3.65. The molecule has 0 spiro atoms. The molecule has 1 aromatic carbocycles. The maximum Gasteiger partial charge on any atom is 0.162 e. The molecule has 0 radical (unpaired) electrons. The molecule has 0 amide bonds. The lowest BCUT2D eigenvalue weighted by Crippen LogP contribution is -2.20. The van der Waals surface area contributed by atoms with Crippen LogP contribution >= 0.6 is 15.9 Å². The Labute approximate surface area is 130 Å². The van der Waals surface area contributed by atoms with Crippen molar-refractivity contribution in [3.63, 3.8) is 0 Å². The second-order valence-corrected chi connectivity index (χ2v) is 6.96. The van der Waals surface area contributed by atoms with E-state index in [1.807, 2.05) is 13.1 Å². The van der Waals surface area contributed by atoms with Gasteiger partial charge in [0, 0.05) is 4.47 Å². The summed E-state index contributed by atoms with van der Waals surface area (Å²) in [5, 5.41) is 3.23.